The van der Waals surface area contributed by atoms with E-state index >= 15 is 0 Å². The van der Waals surface area contributed by atoms with Gasteiger partial charge in [-0.25, -0.2) is 0 Å². The van der Waals surface area contributed by atoms with Gasteiger partial charge >= 0.3 is 0 Å². The van der Waals surface area contributed by atoms with Crippen LogP contribution in [-0.2, 0) is 25.6 Å². The predicted molar refractivity (Wildman–Crippen MR) is 139 cm³/mol. The van der Waals surface area contributed by atoms with Crippen LogP contribution in [0.3, 0.4) is 0 Å². The van der Waals surface area contributed by atoms with Gasteiger partial charge in [-0.1, -0.05) is 0 Å². The van der Waals surface area contributed by atoms with E-state index in [1.165, 1.54) is 6.92 Å². The van der Waals surface area contributed by atoms with E-state index in [0.29, 0.717) is 46.6 Å². The number of hydrogen-bond acceptors (Lipinski definition) is 7. The van der Waals surface area contributed by atoms with E-state index in [-0.39, 0.29) is 24.4 Å². The molecular weight excluding hydrogens is 476 g/mol. The van der Waals surface area contributed by atoms with Crippen LogP contribution < -0.4 is 16.2 Å². The van der Waals surface area contributed by atoms with Crippen LogP contribution in [-0.4, -0.2) is 44.8 Å². The molecule has 0 radical (unpaired) electrons. The highest BCUT2D eigenvalue weighted by molar-refractivity contribution is 6.24. The number of aromatic hydroxyl groups is 1. The van der Waals surface area contributed by atoms with E-state index in [9.17, 15) is 29.4 Å². The first kappa shape index (κ1) is 29.8. The van der Waals surface area contributed by atoms with Gasteiger partial charge in [-0.2, -0.15) is 0 Å². The summed E-state index contributed by atoms with van der Waals surface area (Å²) in [6, 6.07) is 0. The minimum Gasteiger partial charge on any atom is -0.507 e. The van der Waals surface area contributed by atoms with Crippen molar-refractivity contribution < 1.29 is 34.1 Å². The van der Waals surface area contributed by atoms with Gasteiger partial charge in [0.25, 0.3) is 5.91 Å². The molecule has 2 aliphatic rings. The number of allylic oxidation sites excluding steroid dienone is 4. The lowest BCUT2D eigenvalue weighted by Gasteiger charge is -2.35. The molecule has 1 heterocycles. The van der Waals surface area contributed by atoms with Crippen molar-refractivity contribution >= 4 is 23.4 Å². The Balaban J connectivity index is 0.000000260. The van der Waals surface area contributed by atoms with E-state index in [4.69, 9.17) is 16.2 Å². The number of phenols is 1. The van der Waals surface area contributed by atoms with E-state index in [0.717, 1.165) is 22.3 Å². The minimum absolute atomic E-state index is 0.0142. The van der Waals surface area contributed by atoms with E-state index in [1.54, 1.807) is 27.7 Å². The number of carbonyl (C=O) groups is 4. The molecule has 9 heteroatoms. The average Bonchev–Trinajstić information content (AvgIpc) is 2.83. The van der Waals surface area contributed by atoms with Crippen LogP contribution in [0.2, 0.25) is 0 Å². The number of benzene rings is 1. The van der Waals surface area contributed by atoms with Crippen LogP contribution >= 0.6 is 0 Å². The summed E-state index contributed by atoms with van der Waals surface area (Å²) in [5.41, 5.74) is 12.9. The molecule has 0 fully saturated rings. The van der Waals surface area contributed by atoms with E-state index < -0.39 is 23.0 Å². The van der Waals surface area contributed by atoms with Crippen LogP contribution in [0.5, 0.6) is 11.5 Å². The zero-order valence-corrected chi connectivity index (χ0v) is 22.9. The molecule has 6 N–H and O–H groups in total. The molecule has 3 rings (SSSR count). The summed E-state index contributed by atoms with van der Waals surface area (Å²) in [7, 11) is 0. The SMILES string of the molecule is CC1=C(C)C(=O)C(CC[C@@](C)(O)C(N)=O)=C(C)C1=O.Cc1c(C)c2c(c(C)c1O)CC[C@](C)(C(N)=O)O2. The van der Waals surface area contributed by atoms with Gasteiger partial charge in [-0.05, 0) is 91.3 Å². The van der Waals surface area contributed by atoms with Gasteiger partial charge in [0.15, 0.2) is 17.2 Å². The molecule has 2 amide bonds. The molecule has 1 aromatic carbocycles. The zero-order valence-electron chi connectivity index (χ0n) is 22.9. The molecule has 0 saturated carbocycles. The van der Waals surface area contributed by atoms with Gasteiger partial charge in [0.2, 0.25) is 5.91 Å². The van der Waals surface area contributed by atoms with Crippen molar-refractivity contribution in [2.45, 2.75) is 92.3 Å². The topological polar surface area (TPSA) is 170 Å². The van der Waals surface area contributed by atoms with Crippen LogP contribution in [0.1, 0.15) is 76.1 Å². The van der Waals surface area contributed by atoms with Crippen molar-refractivity contribution in [3.8, 4) is 11.5 Å². The number of aliphatic hydroxyl groups is 1. The average molecular weight is 515 g/mol. The second-order valence-corrected chi connectivity index (χ2v) is 10.4. The van der Waals surface area contributed by atoms with Gasteiger partial charge in [-0.3, -0.25) is 19.2 Å². The largest absolute Gasteiger partial charge is 0.507 e. The van der Waals surface area contributed by atoms with Crippen molar-refractivity contribution in [1.29, 1.82) is 0 Å². The van der Waals surface area contributed by atoms with Crippen molar-refractivity contribution in [3.63, 3.8) is 0 Å². The maximum atomic E-state index is 12.1. The number of hydrogen-bond donors (Lipinski definition) is 4. The summed E-state index contributed by atoms with van der Waals surface area (Å²) in [5.74, 6) is -0.631. The highest BCUT2D eigenvalue weighted by Gasteiger charge is 2.39. The Kier molecular flexibility index (Phi) is 8.44. The first-order valence-electron chi connectivity index (χ1n) is 12.2. The van der Waals surface area contributed by atoms with Gasteiger partial charge < -0.3 is 26.4 Å². The monoisotopic (exact) mass is 514 g/mol. The lowest BCUT2D eigenvalue weighted by Crippen LogP contribution is -2.48. The zero-order chi connectivity index (χ0) is 28.6. The Morgan fingerprint density at radius 3 is 2.00 bits per heavy atom. The third kappa shape index (κ3) is 5.61. The number of phenolic OH excluding ortho intramolecular Hbond substituents is 1. The third-order valence-electron chi connectivity index (χ3n) is 7.74. The molecular formula is C28H38N2O7. The molecule has 2 atom stereocenters. The number of ketones is 2. The summed E-state index contributed by atoms with van der Waals surface area (Å²) in [4.78, 5) is 46.6. The smallest absolute Gasteiger partial charge is 0.261 e. The number of primary amides is 2. The molecule has 0 aromatic heterocycles. The molecule has 1 aliphatic heterocycles. The van der Waals surface area contributed by atoms with Crippen LogP contribution in [0.4, 0.5) is 0 Å². The fourth-order valence-electron chi connectivity index (χ4n) is 4.37. The number of nitrogens with two attached hydrogens (primary N) is 2. The first-order valence-corrected chi connectivity index (χ1v) is 12.2. The molecule has 0 unspecified atom stereocenters. The number of amides is 2. The summed E-state index contributed by atoms with van der Waals surface area (Å²) in [6.07, 6.45) is 1.39. The summed E-state index contributed by atoms with van der Waals surface area (Å²) < 4.78 is 5.84. The van der Waals surface area contributed by atoms with E-state index in [2.05, 4.69) is 0 Å². The fourth-order valence-corrected chi connectivity index (χ4v) is 4.37. The maximum absolute atomic E-state index is 12.1. The summed E-state index contributed by atoms with van der Waals surface area (Å²) in [6.45, 7) is 13.4. The molecule has 9 nitrogen and oxygen atoms in total. The van der Waals surface area contributed by atoms with Gasteiger partial charge in [0.05, 0.1) is 0 Å². The molecule has 0 bridgehead atoms. The minimum atomic E-state index is -1.68. The maximum Gasteiger partial charge on any atom is 0.261 e. The summed E-state index contributed by atoms with van der Waals surface area (Å²) in [5, 5.41) is 19.8. The molecule has 0 spiro atoms. The number of fused-ring (bicyclic) bond motifs is 1. The standard InChI is InChI=1S/C14H19NO4.C14H19NO3/c1-7-8(2)12(17)10(9(3)11(7)16)5-6-14(4,19)13(15)18;1-7-8(2)12-10(9(3)11(7)16)5-6-14(4,18-12)13(15)17/h19H,5-6H2,1-4H3,(H2,15,18);16H,5-6H2,1-4H3,(H2,15,17)/t2*14-/m11/s1. The molecule has 0 saturated heterocycles. The fraction of sp³-hybridized carbons (Fsp3) is 0.500. The second-order valence-electron chi connectivity index (χ2n) is 10.4. The van der Waals surface area contributed by atoms with Crippen LogP contribution in [0.25, 0.3) is 0 Å². The van der Waals surface area contributed by atoms with Crippen LogP contribution in [0, 0.1) is 20.8 Å². The van der Waals surface area contributed by atoms with Crippen molar-refractivity contribution in [1.82, 2.24) is 0 Å². The lowest BCUT2D eigenvalue weighted by atomic mass is 9.82. The Labute approximate surface area is 217 Å². The van der Waals surface area contributed by atoms with Crippen molar-refractivity contribution in [2.75, 3.05) is 0 Å². The van der Waals surface area contributed by atoms with Crippen molar-refractivity contribution in [3.05, 3.63) is 44.5 Å². The predicted octanol–water partition coefficient (Wildman–Crippen LogP) is 2.69. The van der Waals surface area contributed by atoms with Gasteiger partial charge in [0, 0.05) is 34.3 Å². The molecule has 37 heavy (non-hydrogen) atoms. The Bertz CT molecular complexity index is 1250. The second kappa shape index (κ2) is 10.5. The number of rotatable bonds is 5. The number of Topliss-reactive ketones (excluding diaryl/α,β-unsaturated/α-hetero) is 2. The Morgan fingerprint density at radius 1 is 0.946 bits per heavy atom. The molecule has 1 aliphatic carbocycles. The molecule has 202 valence electrons. The third-order valence-corrected chi connectivity index (χ3v) is 7.74. The number of ether oxygens (including phenoxy) is 1. The van der Waals surface area contributed by atoms with Crippen molar-refractivity contribution in [2.24, 2.45) is 11.5 Å². The lowest BCUT2D eigenvalue weighted by molar-refractivity contribution is -0.135. The Hall–Kier alpha value is -3.46. The van der Waals surface area contributed by atoms with Gasteiger partial charge in [0.1, 0.15) is 17.1 Å². The van der Waals surface area contributed by atoms with Gasteiger partial charge in [-0.15, -0.1) is 0 Å². The first-order chi connectivity index (χ1) is 16.9. The quantitative estimate of drug-likeness (QED) is 0.438. The highest BCUT2D eigenvalue weighted by atomic mass is 16.5. The van der Waals surface area contributed by atoms with Crippen LogP contribution in [0.15, 0.2) is 22.3 Å². The summed E-state index contributed by atoms with van der Waals surface area (Å²) >= 11 is 0. The normalized spacial score (nSPS) is 21.0. The highest BCUT2D eigenvalue weighted by Crippen LogP contribution is 2.43. The van der Waals surface area contributed by atoms with E-state index in [1.807, 2.05) is 20.8 Å². The Morgan fingerprint density at radius 2 is 1.49 bits per heavy atom. The molecule has 1 aromatic rings. The number of carbonyl (C=O) groups excluding carboxylic acids is 4.